The monoisotopic (exact) mass is 312 g/mol. The van der Waals surface area contributed by atoms with Gasteiger partial charge < -0.3 is 17.2 Å². The predicted octanol–water partition coefficient (Wildman–Crippen LogP) is 1.08. The quantitative estimate of drug-likeness (QED) is 0.564. The summed E-state index contributed by atoms with van der Waals surface area (Å²) in [5.74, 6) is -0.594. The lowest BCUT2D eigenvalue weighted by Gasteiger charge is -2.28. The van der Waals surface area contributed by atoms with Crippen molar-refractivity contribution in [1.29, 1.82) is 0 Å². The molecule has 1 unspecified atom stereocenters. The van der Waals surface area contributed by atoms with Crippen LogP contribution in [-0.2, 0) is 0 Å². The molecule has 2 aromatic rings. The average molecular weight is 312 g/mol. The van der Waals surface area contributed by atoms with Crippen LogP contribution < -0.4 is 17.2 Å². The Labute approximate surface area is 134 Å². The highest BCUT2D eigenvalue weighted by Crippen LogP contribution is 2.32. The number of hydrogen-bond acceptors (Lipinski definition) is 5. The molecule has 6 N–H and O–H groups in total. The van der Waals surface area contributed by atoms with Crippen LogP contribution in [0, 0.1) is 0 Å². The van der Waals surface area contributed by atoms with E-state index in [-0.39, 0.29) is 24.4 Å². The first-order valence-electron chi connectivity index (χ1n) is 7.67. The third-order valence-electron chi connectivity index (χ3n) is 4.21. The number of carbonyl (C=O) groups excluding carboxylic acids is 2. The molecule has 6 heteroatoms. The van der Waals surface area contributed by atoms with Crippen LogP contribution in [0.1, 0.15) is 33.6 Å². The van der Waals surface area contributed by atoms with Crippen molar-refractivity contribution in [3.8, 4) is 0 Å². The molecule has 0 aromatic heterocycles. The number of carbonyl (C=O) groups is 2. The number of nitrogens with zero attached hydrogens (tertiary/aromatic N) is 1. The van der Waals surface area contributed by atoms with E-state index >= 15 is 0 Å². The van der Waals surface area contributed by atoms with Crippen LogP contribution in [0.25, 0.3) is 10.8 Å². The molecule has 0 saturated carbocycles. The van der Waals surface area contributed by atoms with Gasteiger partial charge in [0.25, 0.3) is 11.8 Å². The number of hydrogen-bond donors (Lipinski definition) is 3. The summed E-state index contributed by atoms with van der Waals surface area (Å²) in [6.07, 6.45) is 1.19. The highest BCUT2D eigenvalue weighted by molar-refractivity contribution is 6.25. The zero-order valence-electron chi connectivity index (χ0n) is 12.8. The average Bonchev–Trinajstić information content (AvgIpc) is 2.52. The van der Waals surface area contributed by atoms with E-state index in [4.69, 9.17) is 17.2 Å². The molecule has 1 aliphatic rings. The van der Waals surface area contributed by atoms with E-state index in [0.717, 1.165) is 5.39 Å². The predicted molar refractivity (Wildman–Crippen MR) is 90.0 cm³/mol. The number of nitrogen functional groups attached to an aromatic ring is 1. The second kappa shape index (κ2) is 5.98. The van der Waals surface area contributed by atoms with Gasteiger partial charge in [-0.15, -0.1) is 0 Å². The number of amides is 2. The van der Waals surface area contributed by atoms with Gasteiger partial charge in [-0.05, 0) is 43.0 Å². The van der Waals surface area contributed by atoms with E-state index in [1.165, 1.54) is 4.90 Å². The van der Waals surface area contributed by atoms with E-state index in [1.807, 2.05) is 6.07 Å². The maximum Gasteiger partial charge on any atom is 0.261 e. The van der Waals surface area contributed by atoms with Crippen LogP contribution in [-0.4, -0.2) is 35.8 Å². The molecule has 2 aromatic carbocycles. The molecule has 120 valence electrons. The molecule has 1 atom stereocenters. The van der Waals surface area contributed by atoms with Crippen LogP contribution >= 0.6 is 0 Å². The molecule has 0 fully saturated rings. The summed E-state index contributed by atoms with van der Waals surface area (Å²) >= 11 is 0. The number of rotatable bonds is 5. The molecular formula is C17H20N4O2. The number of anilines is 1. The summed E-state index contributed by atoms with van der Waals surface area (Å²) < 4.78 is 0. The van der Waals surface area contributed by atoms with Gasteiger partial charge in [0.15, 0.2) is 0 Å². The third-order valence-corrected chi connectivity index (χ3v) is 4.21. The Hall–Kier alpha value is -2.44. The van der Waals surface area contributed by atoms with E-state index in [2.05, 4.69) is 0 Å². The van der Waals surface area contributed by atoms with Crippen LogP contribution in [0.5, 0.6) is 0 Å². The van der Waals surface area contributed by atoms with Crippen molar-refractivity contribution in [3.05, 3.63) is 41.5 Å². The number of nitrogens with two attached hydrogens (primary N) is 3. The Morgan fingerprint density at radius 3 is 2.52 bits per heavy atom. The minimum Gasteiger partial charge on any atom is -0.399 e. The highest BCUT2D eigenvalue weighted by Gasteiger charge is 2.32. The van der Waals surface area contributed by atoms with Crippen molar-refractivity contribution in [3.63, 3.8) is 0 Å². The molecule has 0 bridgehead atoms. The van der Waals surface area contributed by atoms with Crippen molar-refractivity contribution in [1.82, 2.24) is 4.90 Å². The Morgan fingerprint density at radius 1 is 1.04 bits per heavy atom. The van der Waals surface area contributed by atoms with Crippen LogP contribution in [0.4, 0.5) is 5.69 Å². The van der Waals surface area contributed by atoms with Gasteiger partial charge in [0.2, 0.25) is 0 Å². The van der Waals surface area contributed by atoms with Crippen LogP contribution in [0.2, 0.25) is 0 Å². The number of imide groups is 1. The van der Waals surface area contributed by atoms with Crippen molar-refractivity contribution < 1.29 is 9.59 Å². The first-order valence-corrected chi connectivity index (χ1v) is 7.67. The molecule has 1 aliphatic heterocycles. The fraction of sp³-hybridized carbons (Fsp3) is 0.294. The standard InChI is InChI=1S/C17H20N4O2/c18-6-4-11(19)5-7-21-16(22)13-3-1-2-10-8-12(20)9-14(15(10)13)17(21)23/h1-3,8-9,11H,4-7,18-20H2. The number of benzene rings is 2. The molecule has 0 radical (unpaired) electrons. The maximum atomic E-state index is 12.7. The molecule has 0 aliphatic carbocycles. The minimum absolute atomic E-state index is 0.126. The summed E-state index contributed by atoms with van der Waals surface area (Å²) in [7, 11) is 0. The first kappa shape index (κ1) is 15.5. The SMILES string of the molecule is NCCC(N)CCN1C(=O)c2cccc3cc(N)cc(c23)C1=O. The summed E-state index contributed by atoms with van der Waals surface area (Å²) in [4.78, 5) is 26.7. The Balaban J connectivity index is 1.98. The van der Waals surface area contributed by atoms with E-state index < -0.39 is 0 Å². The second-order valence-corrected chi connectivity index (χ2v) is 5.86. The first-order chi connectivity index (χ1) is 11.0. The molecule has 6 nitrogen and oxygen atoms in total. The lowest BCUT2D eigenvalue weighted by molar-refractivity contribution is 0.0606. The van der Waals surface area contributed by atoms with Crippen LogP contribution in [0.15, 0.2) is 30.3 Å². The fourth-order valence-corrected chi connectivity index (χ4v) is 3.04. The van der Waals surface area contributed by atoms with Gasteiger partial charge in [0.1, 0.15) is 0 Å². The Morgan fingerprint density at radius 2 is 1.78 bits per heavy atom. The van der Waals surface area contributed by atoms with Gasteiger partial charge in [-0.3, -0.25) is 14.5 Å². The molecule has 2 amide bonds. The van der Waals surface area contributed by atoms with Crippen LogP contribution in [0.3, 0.4) is 0 Å². The van der Waals surface area contributed by atoms with E-state index in [0.29, 0.717) is 41.6 Å². The smallest absolute Gasteiger partial charge is 0.261 e. The van der Waals surface area contributed by atoms with Crippen molar-refractivity contribution in [2.75, 3.05) is 18.8 Å². The van der Waals surface area contributed by atoms with Gasteiger partial charge in [0.05, 0.1) is 5.56 Å². The van der Waals surface area contributed by atoms with Gasteiger partial charge in [-0.25, -0.2) is 0 Å². The van der Waals surface area contributed by atoms with E-state index in [9.17, 15) is 9.59 Å². The largest absolute Gasteiger partial charge is 0.399 e. The Kier molecular flexibility index (Phi) is 4.02. The molecule has 3 rings (SSSR count). The lowest BCUT2D eigenvalue weighted by Crippen LogP contribution is -2.42. The van der Waals surface area contributed by atoms with Gasteiger partial charge in [0, 0.05) is 29.2 Å². The topological polar surface area (TPSA) is 115 Å². The summed E-state index contributed by atoms with van der Waals surface area (Å²) in [6.45, 7) is 0.769. The van der Waals surface area contributed by atoms with Crippen molar-refractivity contribution >= 4 is 28.3 Å². The molecule has 0 saturated heterocycles. The summed E-state index contributed by atoms with van der Waals surface area (Å²) in [6, 6.07) is 8.67. The van der Waals surface area contributed by atoms with Gasteiger partial charge >= 0.3 is 0 Å². The third kappa shape index (κ3) is 2.67. The van der Waals surface area contributed by atoms with E-state index in [1.54, 1.807) is 24.3 Å². The van der Waals surface area contributed by atoms with Gasteiger partial charge in [-0.1, -0.05) is 12.1 Å². The maximum absolute atomic E-state index is 12.7. The summed E-state index contributed by atoms with van der Waals surface area (Å²) in [5, 5.41) is 1.48. The molecular weight excluding hydrogens is 292 g/mol. The molecule has 23 heavy (non-hydrogen) atoms. The fourth-order valence-electron chi connectivity index (χ4n) is 3.04. The minimum atomic E-state index is -0.314. The zero-order chi connectivity index (χ0) is 16.6. The Bertz CT molecular complexity index is 788. The summed E-state index contributed by atoms with van der Waals surface area (Å²) in [5.41, 5.74) is 18.8. The van der Waals surface area contributed by atoms with Crippen molar-refractivity contribution in [2.24, 2.45) is 11.5 Å². The lowest BCUT2D eigenvalue weighted by atomic mass is 9.93. The zero-order valence-corrected chi connectivity index (χ0v) is 12.8. The normalized spacial score (nSPS) is 15.3. The van der Waals surface area contributed by atoms with Crippen molar-refractivity contribution in [2.45, 2.75) is 18.9 Å². The molecule has 0 spiro atoms. The highest BCUT2D eigenvalue weighted by atomic mass is 16.2. The molecule has 1 heterocycles. The van der Waals surface area contributed by atoms with Gasteiger partial charge in [-0.2, -0.15) is 0 Å². The second-order valence-electron chi connectivity index (χ2n) is 5.86.